The van der Waals surface area contributed by atoms with Crippen molar-refractivity contribution in [1.82, 2.24) is 4.98 Å². The van der Waals surface area contributed by atoms with Gasteiger partial charge in [-0.2, -0.15) is 5.26 Å². The molecule has 0 atom stereocenters. The SMILES string of the molecule is CCOc1ccc(-c2ccc(-c3cc(-c4ccc(OC)c(F)c4)nc(N)c3C#N)o2)cc1. The molecule has 4 rings (SSSR count). The van der Waals surface area contributed by atoms with Crippen molar-refractivity contribution in [3.63, 3.8) is 0 Å². The van der Waals surface area contributed by atoms with Crippen molar-refractivity contribution in [3.05, 3.63) is 72.0 Å². The van der Waals surface area contributed by atoms with E-state index < -0.39 is 5.82 Å². The predicted molar refractivity (Wildman–Crippen MR) is 120 cm³/mol. The van der Waals surface area contributed by atoms with Crippen LogP contribution in [0.1, 0.15) is 12.5 Å². The number of hydrogen-bond acceptors (Lipinski definition) is 6. The molecule has 0 aliphatic rings. The summed E-state index contributed by atoms with van der Waals surface area (Å²) in [6.45, 7) is 2.51. The highest BCUT2D eigenvalue weighted by Crippen LogP contribution is 2.35. The van der Waals surface area contributed by atoms with E-state index in [0.717, 1.165) is 11.3 Å². The van der Waals surface area contributed by atoms with Gasteiger partial charge in [-0.25, -0.2) is 9.37 Å². The second kappa shape index (κ2) is 8.82. The standard InChI is InChI=1S/C25H20FN3O3/c1-3-31-17-7-4-15(5-8-17)22-10-11-23(32-22)18-13-21(29-25(28)19(18)14-27)16-6-9-24(30-2)20(26)12-16/h4-13H,3H2,1-2H3,(H2,28,29). The Labute approximate surface area is 184 Å². The molecule has 32 heavy (non-hydrogen) atoms. The summed E-state index contributed by atoms with van der Waals surface area (Å²) in [6, 6.07) is 19.3. The minimum atomic E-state index is -0.521. The van der Waals surface area contributed by atoms with Gasteiger partial charge in [0.2, 0.25) is 0 Å². The lowest BCUT2D eigenvalue weighted by Crippen LogP contribution is -2.00. The summed E-state index contributed by atoms with van der Waals surface area (Å²) in [5.74, 6) is 1.49. The number of benzene rings is 2. The fourth-order valence-corrected chi connectivity index (χ4v) is 3.37. The number of ether oxygens (including phenoxy) is 2. The molecule has 0 radical (unpaired) electrons. The van der Waals surface area contributed by atoms with Crippen LogP contribution in [-0.4, -0.2) is 18.7 Å². The number of pyridine rings is 1. The molecule has 0 aliphatic heterocycles. The molecule has 2 aromatic carbocycles. The van der Waals surface area contributed by atoms with Crippen molar-refractivity contribution in [3.8, 4) is 51.5 Å². The molecule has 0 saturated heterocycles. The maximum Gasteiger partial charge on any atom is 0.165 e. The van der Waals surface area contributed by atoms with E-state index in [1.807, 2.05) is 37.3 Å². The van der Waals surface area contributed by atoms with Crippen LogP contribution in [0.25, 0.3) is 33.9 Å². The maximum absolute atomic E-state index is 14.2. The van der Waals surface area contributed by atoms with Gasteiger partial charge in [-0.3, -0.25) is 0 Å². The molecule has 4 aromatic rings. The Bertz CT molecular complexity index is 1310. The molecular weight excluding hydrogens is 409 g/mol. The van der Waals surface area contributed by atoms with E-state index >= 15 is 0 Å². The maximum atomic E-state index is 14.2. The Morgan fingerprint density at radius 3 is 2.41 bits per heavy atom. The normalized spacial score (nSPS) is 10.6. The highest BCUT2D eigenvalue weighted by atomic mass is 19.1. The van der Waals surface area contributed by atoms with Gasteiger partial charge < -0.3 is 19.6 Å². The Morgan fingerprint density at radius 1 is 1.03 bits per heavy atom. The van der Waals surface area contributed by atoms with Gasteiger partial charge in [0.05, 0.1) is 19.4 Å². The van der Waals surface area contributed by atoms with Crippen LogP contribution in [0.3, 0.4) is 0 Å². The van der Waals surface area contributed by atoms with Gasteiger partial charge in [-0.15, -0.1) is 0 Å². The van der Waals surface area contributed by atoms with E-state index in [-0.39, 0.29) is 17.1 Å². The number of nitrogens with two attached hydrogens (primary N) is 1. The molecule has 2 aromatic heterocycles. The van der Waals surface area contributed by atoms with Crippen LogP contribution >= 0.6 is 0 Å². The summed E-state index contributed by atoms with van der Waals surface area (Å²) in [5, 5.41) is 9.64. The third-order valence-electron chi connectivity index (χ3n) is 4.93. The fourth-order valence-electron chi connectivity index (χ4n) is 3.37. The molecule has 160 valence electrons. The molecule has 0 aliphatic carbocycles. The number of nitrogen functional groups attached to an aromatic ring is 1. The molecule has 0 fully saturated rings. The lowest BCUT2D eigenvalue weighted by atomic mass is 10.0. The van der Waals surface area contributed by atoms with Gasteiger partial charge in [0, 0.05) is 16.7 Å². The van der Waals surface area contributed by atoms with Gasteiger partial charge in [0.25, 0.3) is 0 Å². The molecule has 2 heterocycles. The number of hydrogen-bond donors (Lipinski definition) is 1. The highest BCUT2D eigenvalue weighted by molar-refractivity contribution is 5.79. The molecule has 0 unspecified atom stereocenters. The summed E-state index contributed by atoms with van der Waals surface area (Å²) >= 11 is 0. The van der Waals surface area contributed by atoms with Gasteiger partial charge in [-0.1, -0.05) is 0 Å². The molecule has 0 bridgehead atoms. The zero-order chi connectivity index (χ0) is 22.7. The van der Waals surface area contributed by atoms with Crippen molar-refractivity contribution >= 4 is 5.82 Å². The summed E-state index contributed by atoms with van der Waals surface area (Å²) in [4.78, 5) is 4.28. The molecule has 6 nitrogen and oxygen atoms in total. The number of rotatable bonds is 6. The molecule has 0 amide bonds. The minimum Gasteiger partial charge on any atom is -0.494 e. The summed E-state index contributed by atoms with van der Waals surface area (Å²) < 4.78 is 30.7. The second-order valence-electron chi connectivity index (χ2n) is 6.90. The van der Waals surface area contributed by atoms with Gasteiger partial charge in [0.15, 0.2) is 11.6 Å². The first kappa shape index (κ1) is 20.9. The molecule has 0 saturated carbocycles. The fraction of sp³-hybridized carbons (Fsp3) is 0.120. The summed E-state index contributed by atoms with van der Waals surface area (Å²) in [7, 11) is 1.40. The quantitative estimate of drug-likeness (QED) is 0.424. The average molecular weight is 429 g/mol. The first-order valence-electron chi connectivity index (χ1n) is 9.92. The number of nitriles is 1. The third-order valence-corrected chi connectivity index (χ3v) is 4.93. The van der Waals surface area contributed by atoms with Crippen LogP contribution in [0.4, 0.5) is 10.2 Å². The van der Waals surface area contributed by atoms with E-state index in [4.69, 9.17) is 19.6 Å². The first-order valence-corrected chi connectivity index (χ1v) is 9.92. The number of halogens is 1. The monoisotopic (exact) mass is 429 g/mol. The molecule has 0 spiro atoms. The van der Waals surface area contributed by atoms with Crippen molar-refractivity contribution in [2.45, 2.75) is 6.92 Å². The zero-order valence-corrected chi connectivity index (χ0v) is 17.6. The number of nitrogens with zero attached hydrogens (tertiary/aromatic N) is 2. The minimum absolute atomic E-state index is 0.0373. The lowest BCUT2D eigenvalue weighted by Gasteiger charge is -2.09. The summed E-state index contributed by atoms with van der Waals surface area (Å²) in [5.41, 5.74) is 8.49. The number of methoxy groups -OCH3 is 1. The number of furan rings is 1. The predicted octanol–water partition coefficient (Wildman–Crippen LogP) is 5.68. The van der Waals surface area contributed by atoms with Crippen molar-refractivity contribution in [2.24, 2.45) is 0 Å². The van der Waals surface area contributed by atoms with Crippen LogP contribution in [-0.2, 0) is 0 Å². The lowest BCUT2D eigenvalue weighted by molar-refractivity contribution is 0.340. The molecule has 2 N–H and O–H groups in total. The number of anilines is 1. The zero-order valence-electron chi connectivity index (χ0n) is 17.6. The van der Waals surface area contributed by atoms with Crippen LogP contribution in [0, 0.1) is 17.1 Å². The second-order valence-corrected chi connectivity index (χ2v) is 6.90. The Kier molecular flexibility index (Phi) is 5.77. The van der Waals surface area contributed by atoms with Crippen molar-refractivity contribution < 1.29 is 18.3 Å². The third kappa shape index (κ3) is 3.98. The van der Waals surface area contributed by atoms with E-state index in [2.05, 4.69) is 11.1 Å². The Morgan fingerprint density at radius 2 is 1.75 bits per heavy atom. The van der Waals surface area contributed by atoms with Crippen LogP contribution in [0.15, 0.2) is 65.1 Å². The Balaban J connectivity index is 1.75. The van der Waals surface area contributed by atoms with E-state index in [0.29, 0.717) is 34.9 Å². The molecule has 7 heteroatoms. The van der Waals surface area contributed by atoms with E-state index in [1.54, 1.807) is 18.2 Å². The van der Waals surface area contributed by atoms with Gasteiger partial charge in [0.1, 0.15) is 34.7 Å². The topological polar surface area (TPSA) is 94.3 Å². The summed E-state index contributed by atoms with van der Waals surface area (Å²) in [6.07, 6.45) is 0. The first-order chi connectivity index (χ1) is 15.5. The van der Waals surface area contributed by atoms with Crippen LogP contribution in [0.5, 0.6) is 11.5 Å². The smallest absolute Gasteiger partial charge is 0.165 e. The average Bonchev–Trinajstić information content (AvgIpc) is 3.29. The van der Waals surface area contributed by atoms with Crippen molar-refractivity contribution in [2.75, 3.05) is 19.5 Å². The highest BCUT2D eigenvalue weighted by Gasteiger charge is 2.17. The Hall–Kier alpha value is -4.31. The number of aromatic nitrogens is 1. The van der Waals surface area contributed by atoms with Crippen LogP contribution < -0.4 is 15.2 Å². The van der Waals surface area contributed by atoms with E-state index in [9.17, 15) is 9.65 Å². The van der Waals surface area contributed by atoms with E-state index in [1.165, 1.54) is 19.2 Å². The van der Waals surface area contributed by atoms with Crippen molar-refractivity contribution in [1.29, 1.82) is 5.26 Å². The molecular formula is C25H20FN3O3. The van der Waals surface area contributed by atoms with Gasteiger partial charge >= 0.3 is 0 Å². The van der Waals surface area contributed by atoms with Gasteiger partial charge in [-0.05, 0) is 67.6 Å². The van der Waals surface area contributed by atoms with Crippen LogP contribution in [0.2, 0.25) is 0 Å². The largest absolute Gasteiger partial charge is 0.494 e.